The Hall–Kier alpha value is -2.41. The number of aromatic nitrogens is 2. The number of hydrogen-bond donors (Lipinski definition) is 1. The number of para-hydroxylation sites is 1. The van der Waals surface area contributed by atoms with Gasteiger partial charge in [0.05, 0.1) is 32.4 Å². The SMILES string of the molecule is O=C1N=C(Nc2c(Cl)cccc2Cl)SC1=Cc1ccc2nnccc2c1. The molecule has 0 atom stereocenters. The summed E-state index contributed by atoms with van der Waals surface area (Å²) in [7, 11) is 0. The average molecular weight is 401 g/mol. The van der Waals surface area contributed by atoms with Gasteiger partial charge >= 0.3 is 0 Å². The van der Waals surface area contributed by atoms with E-state index in [-0.39, 0.29) is 5.91 Å². The van der Waals surface area contributed by atoms with E-state index in [2.05, 4.69) is 20.5 Å². The molecule has 0 radical (unpaired) electrons. The van der Waals surface area contributed by atoms with Gasteiger partial charge in [0.2, 0.25) is 0 Å². The van der Waals surface area contributed by atoms with E-state index in [1.807, 2.05) is 24.3 Å². The molecule has 0 saturated carbocycles. The normalized spacial score (nSPS) is 15.5. The lowest BCUT2D eigenvalue weighted by molar-refractivity contribution is -0.113. The van der Waals surface area contributed by atoms with E-state index < -0.39 is 0 Å². The van der Waals surface area contributed by atoms with Crippen LogP contribution >= 0.6 is 35.0 Å². The van der Waals surface area contributed by atoms with E-state index in [1.54, 1.807) is 30.5 Å². The van der Waals surface area contributed by atoms with Crippen LogP contribution in [-0.4, -0.2) is 21.3 Å². The predicted octanol–water partition coefficient (Wildman–Crippen LogP) is 5.02. The zero-order valence-electron chi connectivity index (χ0n) is 13.1. The number of nitrogens with one attached hydrogen (secondary N) is 1. The molecule has 0 saturated heterocycles. The third-order valence-corrected chi connectivity index (χ3v) is 5.18. The van der Waals surface area contributed by atoms with E-state index in [0.717, 1.165) is 16.5 Å². The number of nitrogens with zero attached hydrogens (tertiary/aromatic N) is 3. The van der Waals surface area contributed by atoms with E-state index in [4.69, 9.17) is 23.2 Å². The molecule has 0 aliphatic carbocycles. The van der Waals surface area contributed by atoms with Gasteiger partial charge < -0.3 is 5.32 Å². The van der Waals surface area contributed by atoms with Gasteiger partial charge in [-0.3, -0.25) is 4.79 Å². The number of aliphatic imine (C=N–C) groups is 1. The summed E-state index contributed by atoms with van der Waals surface area (Å²) in [5.41, 5.74) is 2.21. The fourth-order valence-corrected chi connectivity index (χ4v) is 3.74. The van der Waals surface area contributed by atoms with Crippen LogP contribution in [0, 0.1) is 0 Å². The van der Waals surface area contributed by atoms with E-state index in [9.17, 15) is 4.79 Å². The molecule has 26 heavy (non-hydrogen) atoms. The molecular weight excluding hydrogens is 391 g/mol. The highest BCUT2D eigenvalue weighted by Crippen LogP contribution is 2.34. The van der Waals surface area contributed by atoms with Crippen LogP contribution in [0.1, 0.15) is 5.56 Å². The number of fused-ring (bicyclic) bond motifs is 1. The van der Waals surface area contributed by atoms with Gasteiger partial charge in [-0.2, -0.15) is 15.2 Å². The molecule has 5 nitrogen and oxygen atoms in total. The summed E-state index contributed by atoms with van der Waals surface area (Å²) in [6.45, 7) is 0. The standard InChI is InChI=1S/C18H10Cl2N4OS/c19-12-2-1-3-13(20)16(12)22-18-23-17(25)15(26-18)9-10-4-5-14-11(8-10)6-7-21-24-14/h1-9H,(H,22,23,25). The van der Waals surface area contributed by atoms with Crippen LogP contribution in [0.4, 0.5) is 5.69 Å². The summed E-state index contributed by atoms with van der Waals surface area (Å²) in [5, 5.41) is 13.2. The fourth-order valence-electron chi connectivity index (χ4n) is 2.43. The summed E-state index contributed by atoms with van der Waals surface area (Å²) in [6, 6.07) is 12.7. The Kier molecular flexibility index (Phi) is 4.63. The van der Waals surface area contributed by atoms with Crippen molar-refractivity contribution in [2.75, 3.05) is 5.32 Å². The zero-order chi connectivity index (χ0) is 18.1. The van der Waals surface area contributed by atoms with Gasteiger partial charge in [-0.05, 0) is 53.7 Å². The number of amidine groups is 1. The minimum atomic E-state index is -0.311. The molecule has 0 bridgehead atoms. The number of thioether (sulfide) groups is 1. The molecule has 0 unspecified atom stereocenters. The Morgan fingerprint density at radius 3 is 2.69 bits per heavy atom. The number of hydrogen-bond acceptors (Lipinski definition) is 5. The van der Waals surface area contributed by atoms with Crippen molar-refractivity contribution in [3.8, 4) is 0 Å². The first-order valence-corrected chi connectivity index (χ1v) is 9.12. The Bertz CT molecular complexity index is 1080. The lowest BCUT2D eigenvalue weighted by Gasteiger charge is -2.08. The Morgan fingerprint density at radius 2 is 1.88 bits per heavy atom. The number of anilines is 1. The van der Waals surface area contributed by atoms with Crippen molar-refractivity contribution < 1.29 is 4.79 Å². The minimum absolute atomic E-state index is 0.311. The molecule has 0 fully saturated rings. The summed E-state index contributed by atoms with van der Waals surface area (Å²) < 4.78 is 0. The second-order valence-electron chi connectivity index (χ2n) is 5.40. The van der Waals surface area contributed by atoms with Crippen molar-refractivity contribution in [2.24, 2.45) is 4.99 Å². The van der Waals surface area contributed by atoms with Crippen molar-refractivity contribution >= 4 is 68.7 Å². The summed E-state index contributed by atoms with van der Waals surface area (Å²) >= 11 is 13.5. The average Bonchev–Trinajstić information content (AvgIpc) is 2.97. The van der Waals surface area contributed by atoms with Crippen molar-refractivity contribution in [1.82, 2.24) is 10.2 Å². The monoisotopic (exact) mass is 400 g/mol. The van der Waals surface area contributed by atoms with Crippen molar-refractivity contribution in [3.63, 3.8) is 0 Å². The first-order chi connectivity index (χ1) is 12.6. The van der Waals surface area contributed by atoms with Crippen LogP contribution in [0.3, 0.4) is 0 Å². The molecule has 1 N–H and O–H groups in total. The highest BCUT2D eigenvalue weighted by Gasteiger charge is 2.23. The summed E-state index contributed by atoms with van der Waals surface area (Å²) in [4.78, 5) is 16.7. The van der Waals surface area contributed by atoms with Crippen molar-refractivity contribution in [1.29, 1.82) is 0 Å². The number of halogens is 2. The van der Waals surface area contributed by atoms with Crippen molar-refractivity contribution in [2.45, 2.75) is 0 Å². The molecule has 2 aromatic carbocycles. The molecule has 2 heterocycles. The van der Waals surface area contributed by atoms with Crippen LogP contribution in [0.5, 0.6) is 0 Å². The minimum Gasteiger partial charge on any atom is -0.332 e. The maximum Gasteiger partial charge on any atom is 0.286 e. The highest BCUT2D eigenvalue weighted by molar-refractivity contribution is 8.18. The lowest BCUT2D eigenvalue weighted by Crippen LogP contribution is -2.05. The van der Waals surface area contributed by atoms with Crippen LogP contribution in [0.15, 0.2) is 58.6 Å². The fraction of sp³-hybridized carbons (Fsp3) is 0. The van der Waals surface area contributed by atoms with Crippen LogP contribution < -0.4 is 5.32 Å². The molecule has 1 amide bonds. The zero-order valence-corrected chi connectivity index (χ0v) is 15.4. The first-order valence-electron chi connectivity index (χ1n) is 7.55. The predicted molar refractivity (Wildman–Crippen MR) is 108 cm³/mol. The summed E-state index contributed by atoms with van der Waals surface area (Å²) in [5.74, 6) is -0.311. The second kappa shape index (κ2) is 7.07. The maximum absolute atomic E-state index is 12.2. The van der Waals surface area contributed by atoms with E-state index in [1.165, 1.54) is 11.8 Å². The molecule has 0 spiro atoms. The third kappa shape index (κ3) is 3.44. The molecule has 1 aliphatic rings. The second-order valence-corrected chi connectivity index (χ2v) is 7.25. The van der Waals surface area contributed by atoms with Crippen molar-refractivity contribution in [3.05, 3.63) is 69.2 Å². The summed E-state index contributed by atoms with van der Waals surface area (Å²) in [6.07, 6.45) is 3.42. The number of rotatable bonds is 2. The van der Waals surface area contributed by atoms with Crippen LogP contribution in [0.2, 0.25) is 10.0 Å². The largest absolute Gasteiger partial charge is 0.332 e. The van der Waals surface area contributed by atoms with E-state index in [0.29, 0.717) is 25.8 Å². The van der Waals surface area contributed by atoms with Gasteiger partial charge in [0, 0.05) is 5.39 Å². The van der Waals surface area contributed by atoms with Gasteiger partial charge in [-0.1, -0.05) is 35.3 Å². The van der Waals surface area contributed by atoms with Crippen LogP contribution in [-0.2, 0) is 4.79 Å². The quantitative estimate of drug-likeness (QED) is 0.611. The molecular formula is C18H10Cl2N4OS. The third-order valence-electron chi connectivity index (χ3n) is 3.65. The number of benzene rings is 2. The van der Waals surface area contributed by atoms with Gasteiger partial charge in [-0.15, -0.1) is 0 Å². The molecule has 3 aromatic rings. The highest BCUT2D eigenvalue weighted by atomic mass is 35.5. The molecule has 1 aromatic heterocycles. The Balaban J connectivity index is 1.58. The van der Waals surface area contributed by atoms with E-state index >= 15 is 0 Å². The van der Waals surface area contributed by atoms with Gasteiger partial charge in [0.25, 0.3) is 5.91 Å². The van der Waals surface area contributed by atoms with Gasteiger partial charge in [0.15, 0.2) is 5.17 Å². The Morgan fingerprint density at radius 1 is 1.08 bits per heavy atom. The smallest absolute Gasteiger partial charge is 0.286 e. The first kappa shape index (κ1) is 17.0. The molecule has 8 heteroatoms. The number of carbonyl (C=O) groups excluding carboxylic acids is 1. The topological polar surface area (TPSA) is 67.2 Å². The lowest BCUT2D eigenvalue weighted by atomic mass is 10.1. The number of amides is 1. The molecule has 1 aliphatic heterocycles. The molecule has 4 rings (SSSR count). The number of carbonyl (C=O) groups is 1. The Labute approximate surface area is 163 Å². The van der Waals surface area contributed by atoms with Gasteiger partial charge in [-0.25, -0.2) is 0 Å². The molecule has 128 valence electrons. The van der Waals surface area contributed by atoms with Crippen LogP contribution in [0.25, 0.3) is 17.0 Å². The van der Waals surface area contributed by atoms with Gasteiger partial charge in [0.1, 0.15) is 0 Å². The maximum atomic E-state index is 12.2.